The summed E-state index contributed by atoms with van der Waals surface area (Å²) in [5.74, 6) is 0.403. The van der Waals surface area contributed by atoms with Gasteiger partial charge in [-0.1, -0.05) is 47.5 Å². The lowest BCUT2D eigenvalue weighted by atomic mass is 10.0. The van der Waals surface area contributed by atoms with Crippen molar-refractivity contribution in [1.82, 2.24) is 15.0 Å². The Labute approximate surface area is 198 Å². The summed E-state index contributed by atoms with van der Waals surface area (Å²) < 4.78 is 5.06. The zero-order chi connectivity index (χ0) is 24.4. The van der Waals surface area contributed by atoms with Gasteiger partial charge in [0.2, 0.25) is 0 Å². The normalized spacial score (nSPS) is 10.7. The van der Waals surface area contributed by atoms with E-state index in [-0.39, 0.29) is 5.75 Å². The second-order valence-electron chi connectivity index (χ2n) is 8.30. The van der Waals surface area contributed by atoms with Crippen molar-refractivity contribution in [2.45, 2.75) is 27.7 Å². The number of aromatic nitrogens is 3. The molecule has 0 spiro atoms. The highest BCUT2D eigenvalue weighted by atomic mass is 16.5. The van der Waals surface area contributed by atoms with Gasteiger partial charge in [-0.05, 0) is 69.7 Å². The predicted octanol–water partition coefficient (Wildman–Crippen LogP) is 6.08. The van der Waals surface area contributed by atoms with Crippen molar-refractivity contribution in [2.75, 3.05) is 0 Å². The van der Waals surface area contributed by atoms with Crippen molar-refractivity contribution in [3.8, 4) is 39.9 Å². The van der Waals surface area contributed by atoms with Crippen LogP contribution in [0, 0.1) is 27.7 Å². The Morgan fingerprint density at radius 3 is 1.65 bits per heavy atom. The SMILES string of the molecule is C=C(O)C(=O)Oc1ccc(-c2nc(-c3ccc(C)cc3C)nc(-c3ccc(C)cc3C)n2)cc1. The number of nitrogens with zero attached hydrogens (tertiary/aromatic N) is 3. The molecule has 0 amide bonds. The van der Waals surface area contributed by atoms with Crippen molar-refractivity contribution in [2.24, 2.45) is 0 Å². The highest BCUT2D eigenvalue weighted by Crippen LogP contribution is 2.29. The van der Waals surface area contributed by atoms with Crippen LogP contribution >= 0.6 is 0 Å². The predicted molar refractivity (Wildman–Crippen MR) is 132 cm³/mol. The molecule has 6 heteroatoms. The number of aliphatic hydroxyl groups excluding tert-OH is 1. The highest BCUT2D eigenvalue weighted by molar-refractivity contribution is 5.87. The number of ether oxygens (including phenoxy) is 1. The summed E-state index contributed by atoms with van der Waals surface area (Å²) in [4.78, 5) is 25.9. The van der Waals surface area contributed by atoms with E-state index in [0.29, 0.717) is 17.5 Å². The third kappa shape index (κ3) is 4.86. The Hall–Kier alpha value is -4.32. The second-order valence-corrected chi connectivity index (χ2v) is 8.30. The van der Waals surface area contributed by atoms with Crippen molar-refractivity contribution in [3.63, 3.8) is 0 Å². The topological polar surface area (TPSA) is 85.2 Å². The maximum absolute atomic E-state index is 11.6. The lowest BCUT2D eigenvalue weighted by Crippen LogP contribution is -2.09. The van der Waals surface area contributed by atoms with Crippen LogP contribution in [0.2, 0.25) is 0 Å². The van der Waals surface area contributed by atoms with Gasteiger partial charge in [-0.3, -0.25) is 0 Å². The van der Waals surface area contributed by atoms with E-state index < -0.39 is 11.7 Å². The van der Waals surface area contributed by atoms with Crippen molar-refractivity contribution in [1.29, 1.82) is 0 Å². The average Bonchev–Trinajstić information content (AvgIpc) is 2.79. The standard InChI is InChI=1S/C28H25N3O3/c1-16-6-12-23(18(3)14-16)26-29-25(21-8-10-22(11-9-21)34-28(33)20(5)32)30-27(31-26)24-13-7-17(2)15-19(24)4/h6-15,32H,5H2,1-4H3. The molecule has 4 aromatic rings. The summed E-state index contributed by atoms with van der Waals surface area (Å²) in [7, 11) is 0. The maximum atomic E-state index is 11.6. The van der Waals surface area contributed by atoms with E-state index in [9.17, 15) is 9.90 Å². The molecule has 0 radical (unpaired) electrons. The molecule has 3 aromatic carbocycles. The molecular formula is C28H25N3O3. The number of hydrogen-bond donors (Lipinski definition) is 1. The van der Waals surface area contributed by atoms with Crippen molar-refractivity contribution < 1.29 is 14.6 Å². The third-order valence-corrected chi connectivity index (χ3v) is 5.44. The third-order valence-electron chi connectivity index (χ3n) is 5.44. The Morgan fingerprint density at radius 1 is 0.735 bits per heavy atom. The van der Waals surface area contributed by atoms with E-state index in [1.54, 1.807) is 24.3 Å². The van der Waals surface area contributed by atoms with Crippen LogP contribution in [-0.4, -0.2) is 26.0 Å². The number of benzene rings is 3. The van der Waals surface area contributed by atoms with E-state index in [2.05, 4.69) is 32.6 Å². The summed E-state index contributed by atoms with van der Waals surface area (Å²) >= 11 is 0. The van der Waals surface area contributed by atoms with Gasteiger partial charge in [0.15, 0.2) is 23.2 Å². The molecule has 0 unspecified atom stereocenters. The summed E-state index contributed by atoms with van der Waals surface area (Å²) in [6, 6.07) is 19.1. The Bertz CT molecular complexity index is 1340. The lowest BCUT2D eigenvalue weighted by Gasteiger charge is -2.12. The van der Waals surface area contributed by atoms with Gasteiger partial charge in [-0.25, -0.2) is 19.7 Å². The number of rotatable bonds is 5. The number of aryl methyl sites for hydroxylation is 4. The fourth-order valence-electron chi connectivity index (χ4n) is 3.71. The van der Waals surface area contributed by atoms with E-state index in [1.807, 2.05) is 38.1 Å². The second kappa shape index (κ2) is 9.27. The van der Waals surface area contributed by atoms with Gasteiger partial charge in [0, 0.05) is 16.7 Å². The molecular weight excluding hydrogens is 426 g/mol. The van der Waals surface area contributed by atoms with Crippen LogP contribution in [0.4, 0.5) is 0 Å². The Balaban J connectivity index is 1.83. The molecule has 1 aromatic heterocycles. The lowest BCUT2D eigenvalue weighted by molar-refractivity contribution is -0.132. The molecule has 0 bridgehead atoms. The molecule has 170 valence electrons. The molecule has 0 atom stereocenters. The molecule has 0 aliphatic carbocycles. The Morgan fingerprint density at radius 2 is 1.21 bits per heavy atom. The fraction of sp³-hybridized carbons (Fsp3) is 0.143. The van der Waals surface area contributed by atoms with Gasteiger partial charge < -0.3 is 9.84 Å². The van der Waals surface area contributed by atoms with E-state index in [1.165, 1.54) is 11.1 Å². The summed E-state index contributed by atoms with van der Waals surface area (Å²) in [5.41, 5.74) is 7.11. The van der Waals surface area contributed by atoms with Gasteiger partial charge in [-0.15, -0.1) is 0 Å². The molecule has 6 nitrogen and oxygen atoms in total. The molecule has 0 saturated carbocycles. The van der Waals surface area contributed by atoms with Crippen LogP contribution < -0.4 is 4.74 Å². The molecule has 1 N–H and O–H groups in total. The summed E-state index contributed by atoms with van der Waals surface area (Å²) in [6.07, 6.45) is 0. The number of aliphatic hydroxyl groups is 1. The first-order chi connectivity index (χ1) is 16.2. The number of carbonyl (C=O) groups is 1. The van der Waals surface area contributed by atoms with Crippen LogP contribution in [0.15, 0.2) is 73.0 Å². The van der Waals surface area contributed by atoms with Crippen molar-refractivity contribution >= 4 is 5.97 Å². The minimum absolute atomic E-state index is 0.280. The largest absolute Gasteiger partial charge is 0.502 e. The average molecular weight is 452 g/mol. The fourth-order valence-corrected chi connectivity index (χ4v) is 3.71. The summed E-state index contributed by atoms with van der Waals surface area (Å²) in [5, 5.41) is 9.18. The minimum atomic E-state index is -0.901. The van der Waals surface area contributed by atoms with Crippen LogP contribution in [0.5, 0.6) is 5.75 Å². The van der Waals surface area contributed by atoms with Gasteiger partial charge >= 0.3 is 5.97 Å². The number of esters is 1. The molecule has 0 aliphatic rings. The first-order valence-electron chi connectivity index (χ1n) is 10.8. The zero-order valence-corrected chi connectivity index (χ0v) is 19.6. The van der Waals surface area contributed by atoms with E-state index >= 15 is 0 Å². The van der Waals surface area contributed by atoms with Gasteiger partial charge in [0.25, 0.3) is 0 Å². The molecule has 0 saturated heterocycles. The first-order valence-corrected chi connectivity index (χ1v) is 10.8. The molecule has 1 heterocycles. The van der Waals surface area contributed by atoms with Crippen LogP contribution in [-0.2, 0) is 4.79 Å². The Kier molecular flexibility index (Phi) is 6.23. The number of carbonyl (C=O) groups excluding carboxylic acids is 1. The maximum Gasteiger partial charge on any atom is 0.378 e. The van der Waals surface area contributed by atoms with Gasteiger partial charge in [0.1, 0.15) is 5.75 Å². The number of hydrogen-bond acceptors (Lipinski definition) is 6. The molecule has 0 aliphatic heterocycles. The van der Waals surface area contributed by atoms with Crippen LogP contribution in [0.1, 0.15) is 22.3 Å². The van der Waals surface area contributed by atoms with E-state index in [0.717, 1.165) is 27.8 Å². The summed E-state index contributed by atoms with van der Waals surface area (Å²) in [6.45, 7) is 11.4. The monoisotopic (exact) mass is 451 g/mol. The quantitative estimate of drug-likeness (QED) is 0.171. The molecule has 34 heavy (non-hydrogen) atoms. The van der Waals surface area contributed by atoms with E-state index in [4.69, 9.17) is 19.7 Å². The minimum Gasteiger partial charge on any atom is -0.502 e. The smallest absolute Gasteiger partial charge is 0.378 e. The van der Waals surface area contributed by atoms with Crippen molar-refractivity contribution in [3.05, 3.63) is 95.3 Å². The molecule has 0 fully saturated rings. The highest BCUT2D eigenvalue weighted by Gasteiger charge is 2.15. The first kappa shape index (κ1) is 22.9. The molecule has 4 rings (SSSR count). The van der Waals surface area contributed by atoms with Gasteiger partial charge in [-0.2, -0.15) is 0 Å². The van der Waals surface area contributed by atoms with Gasteiger partial charge in [0.05, 0.1) is 0 Å². The van der Waals surface area contributed by atoms with Crippen LogP contribution in [0.25, 0.3) is 34.2 Å². The van der Waals surface area contributed by atoms with Crippen LogP contribution in [0.3, 0.4) is 0 Å². The zero-order valence-electron chi connectivity index (χ0n) is 19.6.